The van der Waals surface area contributed by atoms with Gasteiger partial charge in [-0.3, -0.25) is 9.69 Å². The molecule has 0 radical (unpaired) electrons. The van der Waals surface area contributed by atoms with Crippen molar-refractivity contribution in [2.75, 3.05) is 19.8 Å². The molecular formula is C17H25NO3. The van der Waals surface area contributed by atoms with E-state index in [1.54, 1.807) is 0 Å². The number of carboxylic acid groups (broad SMARTS) is 1. The molecule has 1 saturated heterocycles. The second-order valence-electron chi connectivity index (χ2n) is 5.95. The minimum absolute atomic E-state index is 0.0249. The second-order valence-corrected chi connectivity index (χ2v) is 5.95. The number of aryl methyl sites for hydroxylation is 2. The van der Waals surface area contributed by atoms with Gasteiger partial charge in [-0.25, -0.2) is 0 Å². The molecule has 1 aromatic carbocycles. The largest absolute Gasteiger partial charge is 0.481 e. The molecule has 0 saturated carbocycles. The van der Waals surface area contributed by atoms with Crippen LogP contribution in [0.15, 0.2) is 18.2 Å². The molecule has 0 aromatic heterocycles. The summed E-state index contributed by atoms with van der Waals surface area (Å²) in [5.41, 5.74) is 3.79. The van der Waals surface area contributed by atoms with E-state index < -0.39 is 11.9 Å². The molecule has 116 valence electrons. The van der Waals surface area contributed by atoms with Crippen LogP contribution in [0.2, 0.25) is 0 Å². The number of aliphatic carboxylic acids is 1. The molecule has 2 rings (SSSR count). The van der Waals surface area contributed by atoms with Crippen LogP contribution in [-0.2, 0) is 16.1 Å². The van der Waals surface area contributed by atoms with Gasteiger partial charge in [-0.05, 0) is 37.9 Å². The first kappa shape index (κ1) is 16.0. The second kappa shape index (κ2) is 7.05. The number of benzene rings is 1. The standard InChI is InChI=1S/C17H25NO3/c1-4-7-18(16-11-21-10-15(16)17(19)20)9-14-6-5-12(2)8-13(14)3/h5-6,8,15-16H,4,7,9-11H2,1-3H3,(H,19,20). The maximum Gasteiger partial charge on any atom is 0.310 e. The van der Waals surface area contributed by atoms with Crippen LogP contribution in [-0.4, -0.2) is 41.8 Å². The van der Waals surface area contributed by atoms with E-state index >= 15 is 0 Å². The Bertz CT molecular complexity index is 501. The third-order valence-electron chi connectivity index (χ3n) is 4.22. The summed E-state index contributed by atoms with van der Waals surface area (Å²) in [6, 6.07) is 6.42. The molecule has 1 aliphatic heterocycles. The van der Waals surface area contributed by atoms with Crippen LogP contribution < -0.4 is 0 Å². The highest BCUT2D eigenvalue weighted by molar-refractivity contribution is 5.71. The molecule has 0 amide bonds. The van der Waals surface area contributed by atoms with E-state index in [0.717, 1.165) is 19.5 Å². The minimum atomic E-state index is -0.751. The number of ether oxygens (including phenoxy) is 1. The van der Waals surface area contributed by atoms with E-state index in [4.69, 9.17) is 4.74 Å². The molecule has 4 nitrogen and oxygen atoms in total. The van der Waals surface area contributed by atoms with Crippen molar-refractivity contribution >= 4 is 5.97 Å². The van der Waals surface area contributed by atoms with Crippen molar-refractivity contribution < 1.29 is 14.6 Å². The summed E-state index contributed by atoms with van der Waals surface area (Å²) in [5.74, 6) is -1.17. The zero-order valence-electron chi connectivity index (χ0n) is 13.1. The first-order chi connectivity index (χ1) is 10.0. The van der Waals surface area contributed by atoms with E-state index in [1.165, 1.54) is 16.7 Å². The topological polar surface area (TPSA) is 49.8 Å². The number of rotatable bonds is 6. The molecule has 2 atom stereocenters. The van der Waals surface area contributed by atoms with Gasteiger partial charge in [0.05, 0.1) is 19.1 Å². The van der Waals surface area contributed by atoms with Gasteiger partial charge in [0.15, 0.2) is 0 Å². The van der Waals surface area contributed by atoms with Crippen LogP contribution in [0.4, 0.5) is 0 Å². The predicted molar refractivity (Wildman–Crippen MR) is 82.3 cm³/mol. The average Bonchev–Trinajstić information content (AvgIpc) is 2.90. The maximum atomic E-state index is 11.4. The Balaban J connectivity index is 2.16. The summed E-state index contributed by atoms with van der Waals surface area (Å²) < 4.78 is 5.42. The number of carbonyl (C=O) groups is 1. The number of hydrogen-bond donors (Lipinski definition) is 1. The molecule has 21 heavy (non-hydrogen) atoms. The van der Waals surface area contributed by atoms with Crippen LogP contribution in [0.1, 0.15) is 30.0 Å². The Labute approximate surface area is 126 Å². The Morgan fingerprint density at radius 2 is 2.14 bits per heavy atom. The molecule has 1 heterocycles. The van der Waals surface area contributed by atoms with E-state index in [9.17, 15) is 9.90 Å². The monoisotopic (exact) mass is 291 g/mol. The van der Waals surface area contributed by atoms with Crippen molar-refractivity contribution in [3.63, 3.8) is 0 Å². The fourth-order valence-corrected chi connectivity index (χ4v) is 3.03. The Morgan fingerprint density at radius 3 is 2.76 bits per heavy atom. The SMILES string of the molecule is CCCN(Cc1ccc(C)cc1C)C1COCC1C(=O)O. The maximum absolute atomic E-state index is 11.4. The molecule has 1 aliphatic rings. The summed E-state index contributed by atoms with van der Waals surface area (Å²) >= 11 is 0. The van der Waals surface area contributed by atoms with E-state index in [0.29, 0.717) is 13.2 Å². The fraction of sp³-hybridized carbons (Fsp3) is 0.588. The zero-order valence-corrected chi connectivity index (χ0v) is 13.1. The summed E-state index contributed by atoms with van der Waals surface area (Å²) in [7, 11) is 0. The molecular weight excluding hydrogens is 266 g/mol. The molecule has 4 heteroatoms. The lowest BCUT2D eigenvalue weighted by Gasteiger charge is -2.30. The molecule has 1 fully saturated rings. The minimum Gasteiger partial charge on any atom is -0.481 e. The number of hydrogen-bond acceptors (Lipinski definition) is 3. The van der Waals surface area contributed by atoms with Gasteiger partial charge in [-0.2, -0.15) is 0 Å². The molecule has 0 spiro atoms. The Kier molecular flexibility index (Phi) is 5.37. The Morgan fingerprint density at radius 1 is 1.38 bits per heavy atom. The van der Waals surface area contributed by atoms with Gasteiger partial charge in [0, 0.05) is 12.6 Å². The number of carboxylic acids is 1. The summed E-state index contributed by atoms with van der Waals surface area (Å²) in [5, 5.41) is 9.35. The van der Waals surface area contributed by atoms with Gasteiger partial charge in [-0.1, -0.05) is 30.7 Å². The van der Waals surface area contributed by atoms with Gasteiger partial charge < -0.3 is 9.84 Å². The smallest absolute Gasteiger partial charge is 0.310 e. The number of nitrogens with zero attached hydrogens (tertiary/aromatic N) is 1. The van der Waals surface area contributed by atoms with Gasteiger partial charge in [0.25, 0.3) is 0 Å². The predicted octanol–water partition coefficient (Wildman–Crippen LogP) is 2.62. The van der Waals surface area contributed by atoms with Crippen LogP contribution in [0.3, 0.4) is 0 Å². The first-order valence-corrected chi connectivity index (χ1v) is 7.63. The highest BCUT2D eigenvalue weighted by Crippen LogP contribution is 2.23. The quantitative estimate of drug-likeness (QED) is 0.875. The highest BCUT2D eigenvalue weighted by atomic mass is 16.5. The van der Waals surface area contributed by atoms with Crippen molar-refractivity contribution in [3.8, 4) is 0 Å². The molecule has 1 N–H and O–H groups in total. The van der Waals surface area contributed by atoms with Gasteiger partial charge in [0.1, 0.15) is 0 Å². The zero-order chi connectivity index (χ0) is 15.4. The van der Waals surface area contributed by atoms with Crippen molar-refractivity contribution in [1.82, 2.24) is 4.90 Å². The average molecular weight is 291 g/mol. The van der Waals surface area contributed by atoms with Crippen molar-refractivity contribution in [2.24, 2.45) is 5.92 Å². The van der Waals surface area contributed by atoms with Crippen LogP contribution in [0.5, 0.6) is 0 Å². The first-order valence-electron chi connectivity index (χ1n) is 7.63. The molecule has 2 unspecified atom stereocenters. The summed E-state index contributed by atoms with van der Waals surface area (Å²) in [6.45, 7) is 8.86. The van der Waals surface area contributed by atoms with Crippen molar-refractivity contribution in [1.29, 1.82) is 0 Å². The van der Waals surface area contributed by atoms with Crippen molar-refractivity contribution in [3.05, 3.63) is 34.9 Å². The molecule has 1 aromatic rings. The molecule has 0 aliphatic carbocycles. The lowest BCUT2D eigenvalue weighted by Crippen LogP contribution is -2.43. The van der Waals surface area contributed by atoms with Gasteiger partial charge in [-0.15, -0.1) is 0 Å². The third kappa shape index (κ3) is 3.83. The summed E-state index contributed by atoms with van der Waals surface area (Å²) in [4.78, 5) is 13.6. The van der Waals surface area contributed by atoms with Crippen molar-refractivity contribution in [2.45, 2.75) is 39.8 Å². The fourth-order valence-electron chi connectivity index (χ4n) is 3.03. The van der Waals surface area contributed by atoms with Crippen LogP contribution in [0, 0.1) is 19.8 Å². The van der Waals surface area contributed by atoms with Crippen LogP contribution >= 0.6 is 0 Å². The lowest BCUT2D eigenvalue weighted by atomic mass is 9.99. The van der Waals surface area contributed by atoms with E-state index in [2.05, 4.69) is 43.9 Å². The van der Waals surface area contributed by atoms with Gasteiger partial charge >= 0.3 is 5.97 Å². The lowest BCUT2D eigenvalue weighted by molar-refractivity contribution is -0.143. The third-order valence-corrected chi connectivity index (χ3v) is 4.22. The molecule has 0 bridgehead atoms. The van der Waals surface area contributed by atoms with E-state index in [1.807, 2.05) is 0 Å². The van der Waals surface area contributed by atoms with Crippen LogP contribution in [0.25, 0.3) is 0 Å². The summed E-state index contributed by atoms with van der Waals surface area (Å²) in [6.07, 6.45) is 1.01. The Hall–Kier alpha value is -1.39. The normalized spacial score (nSPS) is 21.9. The van der Waals surface area contributed by atoms with E-state index in [-0.39, 0.29) is 6.04 Å². The highest BCUT2D eigenvalue weighted by Gasteiger charge is 2.37. The van der Waals surface area contributed by atoms with Gasteiger partial charge in [0.2, 0.25) is 0 Å².